The zero-order chi connectivity index (χ0) is 52.2. The Morgan fingerprint density at radius 2 is 0.316 bits per heavy atom. The SMILES string of the molecule is Cc1ccccc1N(c1ccccc1C)c1cc(N(c2ccccc2C)c2ccccc2C)c2ccc3c(N(c4ccccc4C)c4ccccc4C)cc(N(c4ccccc4C)c4ccccc4C)c4ccc1c2c43. The summed E-state index contributed by atoms with van der Waals surface area (Å²) in [6.45, 7) is 17.9. The van der Waals surface area contributed by atoms with E-state index in [1.807, 2.05) is 0 Å². The lowest BCUT2D eigenvalue weighted by atomic mass is 9.88. The smallest absolute Gasteiger partial charge is 0.0561 e. The third-order valence-electron chi connectivity index (χ3n) is 15.6. The van der Waals surface area contributed by atoms with E-state index in [2.05, 4.69) is 306 Å². The monoisotopic (exact) mass is 982 g/mol. The largest absolute Gasteiger partial charge is 0.309 e. The Morgan fingerprint density at radius 1 is 0.171 bits per heavy atom. The molecule has 0 heterocycles. The highest BCUT2D eigenvalue weighted by atomic mass is 15.2. The van der Waals surface area contributed by atoms with Gasteiger partial charge in [-0.15, -0.1) is 0 Å². The minimum atomic E-state index is 1.10. The standard InChI is InChI=1S/C72H62N4/c1-47-25-9-17-33-59(47)73(60-34-18-10-26-48(60)2)67-45-68(74(61-35-19-11-27-49(61)3)62-36-20-12-28-50(62)4)56-43-44-58-70(76(65-39-23-15-31-53(65)7)66-40-24-16-32-54(66)8)46-69(57-42-41-55(67)71(56)72(57)58)75(63-37-21-13-29-51(63)5)64-38-22-14-30-52(64)6/h9-46H,1-8H3. The van der Waals surface area contributed by atoms with Gasteiger partial charge >= 0.3 is 0 Å². The van der Waals surface area contributed by atoms with E-state index < -0.39 is 0 Å². The van der Waals surface area contributed by atoms with E-state index >= 15 is 0 Å². The number of hydrogen-bond donors (Lipinski definition) is 0. The summed E-state index contributed by atoms with van der Waals surface area (Å²) >= 11 is 0. The number of aryl methyl sites for hydroxylation is 8. The molecule has 0 saturated heterocycles. The molecule has 12 aromatic carbocycles. The maximum Gasteiger partial charge on any atom is 0.0561 e. The molecule has 0 aliphatic carbocycles. The number of hydrogen-bond acceptors (Lipinski definition) is 4. The maximum atomic E-state index is 2.52. The van der Waals surface area contributed by atoms with E-state index in [0.29, 0.717) is 0 Å². The lowest BCUT2D eigenvalue weighted by Gasteiger charge is -2.36. The van der Waals surface area contributed by atoms with Crippen LogP contribution in [0.2, 0.25) is 0 Å². The van der Waals surface area contributed by atoms with Crippen LogP contribution in [0.4, 0.5) is 68.2 Å². The first-order chi connectivity index (χ1) is 37.1. The molecule has 0 radical (unpaired) electrons. The van der Waals surface area contributed by atoms with E-state index in [1.54, 1.807) is 0 Å². The van der Waals surface area contributed by atoms with Gasteiger partial charge in [0.2, 0.25) is 0 Å². The number of para-hydroxylation sites is 8. The molecule has 0 saturated carbocycles. The molecule has 0 aromatic heterocycles. The Balaban J connectivity index is 1.33. The summed E-state index contributed by atoms with van der Waals surface area (Å²) in [4.78, 5) is 10.1. The molecule has 4 nitrogen and oxygen atoms in total. The predicted octanol–water partition coefficient (Wildman–Crippen LogP) is 20.9. The van der Waals surface area contributed by atoms with Crippen LogP contribution in [-0.2, 0) is 0 Å². The molecule has 0 atom stereocenters. The number of benzene rings is 12. The Morgan fingerprint density at radius 3 is 0.461 bits per heavy atom. The molecule has 0 bridgehead atoms. The zero-order valence-corrected chi connectivity index (χ0v) is 44.7. The summed E-state index contributed by atoms with van der Waals surface area (Å²) in [6, 6.07) is 85.3. The maximum absolute atomic E-state index is 2.52. The Kier molecular flexibility index (Phi) is 12.4. The van der Waals surface area contributed by atoms with Crippen molar-refractivity contribution in [1.29, 1.82) is 0 Å². The Labute approximate surface area is 448 Å². The van der Waals surface area contributed by atoms with Crippen molar-refractivity contribution in [2.75, 3.05) is 19.6 Å². The second kappa shape index (κ2) is 19.6. The van der Waals surface area contributed by atoms with Gasteiger partial charge in [-0.25, -0.2) is 0 Å². The molecule has 370 valence electrons. The molecule has 12 rings (SSSR count). The van der Waals surface area contributed by atoms with E-state index in [0.717, 1.165) is 89.8 Å². The van der Waals surface area contributed by atoms with Gasteiger partial charge in [-0.05, 0) is 161 Å². The predicted molar refractivity (Wildman–Crippen MR) is 327 cm³/mol. The van der Waals surface area contributed by atoms with Gasteiger partial charge in [0.25, 0.3) is 0 Å². The van der Waals surface area contributed by atoms with Gasteiger partial charge in [0.15, 0.2) is 0 Å². The number of nitrogens with zero attached hydrogens (tertiary/aromatic N) is 4. The highest BCUT2D eigenvalue weighted by molar-refractivity contribution is 6.33. The number of rotatable bonds is 12. The molecule has 0 aliphatic heterocycles. The fourth-order valence-corrected chi connectivity index (χ4v) is 11.7. The molecule has 0 unspecified atom stereocenters. The van der Waals surface area contributed by atoms with Crippen LogP contribution in [0.5, 0.6) is 0 Å². The first kappa shape index (κ1) is 47.9. The van der Waals surface area contributed by atoms with E-state index in [4.69, 9.17) is 0 Å². The molecule has 0 N–H and O–H groups in total. The summed E-state index contributed by atoms with van der Waals surface area (Å²) in [7, 11) is 0. The fourth-order valence-electron chi connectivity index (χ4n) is 11.7. The van der Waals surface area contributed by atoms with Crippen molar-refractivity contribution in [3.63, 3.8) is 0 Å². The average molecular weight is 983 g/mol. The third-order valence-corrected chi connectivity index (χ3v) is 15.6. The van der Waals surface area contributed by atoms with E-state index in [9.17, 15) is 0 Å². The third kappa shape index (κ3) is 8.09. The van der Waals surface area contributed by atoms with Crippen LogP contribution in [0.3, 0.4) is 0 Å². The van der Waals surface area contributed by atoms with Crippen molar-refractivity contribution in [3.8, 4) is 0 Å². The van der Waals surface area contributed by atoms with Crippen molar-refractivity contribution in [2.24, 2.45) is 0 Å². The van der Waals surface area contributed by atoms with Crippen LogP contribution < -0.4 is 19.6 Å². The molecule has 0 fully saturated rings. The molecule has 0 amide bonds. The van der Waals surface area contributed by atoms with Gasteiger partial charge in [0.1, 0.15) is 0 Å². The molecule has 12 aromatic rings. The molecular formula is C72H62N4. The summed E-state index contributed by atoms with van der Waals surface area (Å²) < 4.78 is 0. The fraction of sp³-hybridized carbons (Fsp3) is 0.111. The number of anilines is 12. The molecule has 0 spiro atoms. The van der Waals surface area contributed by atoms with Crippen molar-refractivity contribution in [3.05, 3.63) is 275 Å². The Bertz CT molecular complexity index is 3440. The lowest BCUT2D eigenvalue weighted by Crippen LogP contribution is -2.18. The lowest BCUT2D eigenvalue weighted by molar-refractivity contribution is 1.21. The van der Waals surface area contributed by atoms with Gasteiger partial charge in [-0.3, -0.25) is 0 Å². The van der Waals surface area contributed by atoms with Crippen LogP contribution >= 0.6 is 0 Å². The van der Waals surface area contributed by atoms with Crippen molar-refractivity contribution < 1.29 is 0 Å². The van der Waals surface area contributed by atoms with Crippen LogP contribution in [0.25, 0.3) is 32.3 Å². The average Bonchev–Trinajstić information content (AvgIpc) is 3.57. The molecule has 76 heavy (non-hydrogen) atoms. The van der Waals surface area contributed by atoms with Gasteiger partial charge < -0.3 is 19.6 Å². The van der Waals surface area contributed by atoms with Crippen LogP contribution in [0.15, 0.2) is 231 Å². The first-order valence-corrected chi connectivity index (χ1v) is 26.5. The topological polar surface area (TPSA) is 13.0 Å². The zero-order valence-electron chi connectivity index (χ0n) is 44.7. The summed E-state index contributed by atoms with van der Waals surface area (Å²) in [6.07, 6.45) is 0. The van der Waals surface area contributed by atoms with Gasteiger partial charge in [-0.1, -0.05) is 170 Å². The minimum Gasteiger partial charge on any atom is -0.309 e. The van der Waals surface area contributed by atoms with Gasteiger partial charge in [-0.2, -0.15) is 0 Å². The van der Waals surface area contributed by atoms with Gasteiger partial charge in [0.05, 0.1) is 22.7 Å². The highest BCUT2D eigenvalue weighted by Crippen LogP contribution is 2.56. The van der Waals surface area contributed by atoms with E-state index in [-0.39, 0.29) is 0 Å². The van der Waals surface area contributed by atoms with Crippen molar-refractivity contribution in [1.82, 2.24) is 0 Å². The van der Waals surface area contributed by atoms with Crippen LogP contribution in [-0.4, -0.2) is 0 Å². The van der Waals surface area contributed by atoms with Gasteiger partial charge in [0, 0.05) is 77.8 Å². The Hall–Kier alpha value is -9.12. The summed E-state index contributed by atoms with van der Waals surface area (Å²) in [5, 5.41) is 7.06. The summed E-state index contributed by atoms with van der Waals surface area (Å²) in [5.74, 6) is 0. The summed E-state index contributed by atoms with van der Waals surface area (Å²) in [5.41, 5.74) is 23.0. The minimum absolute atomic E-state index is 1.10. The second-order valence-electron chi connectivity index (χ2n) is 20.5. The van der Waals surface area contributed by atoms with Crippen LogP contribution in [0.1, 0.15) is 44.5 Å². The first-order valence-electron chi connectivity index (χ1n) is 26.5. The second-order valence-corrected chi connectivity index (χ2v) is 20.5. The highest BCUT2D eigenvalue weighted by Gasteiger charge is 2.31. The van der Waals surface area contributed by atoms with Crippen molar-refractivity contribution >= 4 is 101 Å². The molecule has 4 heteroatoms. The molecule has 0 aliphatic rings. The van der Waals surface area contributed by atoms with Crippen LogP contribution in [0, 0.1) is 55.4 Å². The quantitative estimate of drug-likeness (QED) is 0.113. The molecular weight excluding hydrogens is 921 g/mol. The van der Waals surface area contributed by atoms with E-state index in [1.165, 1.54) is 55.3 Å². The van der Waals surface area contributed by atoms with Crippen molar-refractivity contribution in [2.45, 2.75) is 55.4 Å². The normalized spacial score (nSPS) is 11.4.